The van der Waals surface area contributed by atoms with Crippen molar-refractivity contribution in [2.75, 3.05) is 9.80 Å². The van der Waals surface area contributed by atoms with E-state index in [9.17, 15) is 0 Å². The first kappa shape index (κ1) is 33.9. The molecule has 3 heteroatoms. The Hall–Kier alpha value is -7.62. The van der Waals surface area contributed by atoms with Crippen LogP contribution in [0.15, 0.2) is 237 Å². The van der Waals surface area contributed by atoms with E-state index in [1.54, 1.807) is 0 Å². The number of nitrogens with zero attached hydrogens (tertiary/aromatic N) is 3. The van der Waals surface area contributed by atoms with Crippen LogP contribution in [0.1, 0.15) is 0 Å². The summed E-state index contributed by atoms with van der Waals surface area (Å²) in [5.41, 5.74) is 14.6. The van der Waals surface area contributed by atoms with Crippen molar-refractivity contribution in [1.29, 1.82) is 0 Å². The molecule has 0 fully saturated rings. The fourth-order valence-corrected chi connectivity index (χ4v) is 8.14. The molecule has 0 radical (unpaired) electrons. The van der Waals surface area contributed by atoms with Crippen molar-refractivity contribution in [2.24, 2.45) is 0 Å². The van der Waals surface area contributed by atoms with Crippen LogP contribution in [0.4, 0.5) is 34.1 Å². The average Bonchev–Trinajstić information content (AvgIpc) is 3.63. The fraction of sp³-hybridized carbons (Fsp3) is 0. The largest absolute Gasteiger partial charge is 0.310 e. The molecule has 0 bridgehead atoms. The Kier molecular flexibility index (Phi) is 8.86. The standard InChI is InChI=1S/C54H39N3/c1-6-19-40(20-7-1)42-33-35-47(36-34-42)56(46-28-14-5-15-29-46)52-38-49(55(44-24-10-3-11-25-44)45-26-12-4-13-27-45)39-53-54(52)50-31-16-17-32-51(50)57(53)48-30-18-23-43(37-48)41-21-8-2-9-22-41/h1-39H. The number of hydrogen-bond donors (Lipinski definition) is 0. The first-order valence-corrected chi connectivity index (χ1v) is 19.4. The summed E-state index contributed by atoms with van der Waals surface area (Å²) < 4.78 is 2.44. The van der Waals surface area contributed by atoms with Crippen LogP contribution in [-0.4, -0.2) is 4.57 Å². The van der Waals surface area contributed by atoms with Crippen molar-refractivity contribution in [1.82, 2.24) is 4.57 Å². The summed E-state index contributed by atoms with van der Waals surface area (Å²) in [6, 6.07) is 84.8. The zero-order valence-electron chi connectivity index (χ0n) is 31.4. The molecule has 0 atom stereocenters. The Morgan fingerprint density at radius 2 is 0.737 bits per heavy atom. The van der Waals surface area contributed by atoms with E-state index in [1.165, 1.54) is 33.0 Å². The van der Waals surface area contributed by atoms with Gasteiger partial charge in [-0.25, -0.2) is 0 Å². The Labute approximate surface area is 333 Å². The van der Waals surface area contributed by atoms with Crippen molar-refractivity contribution < 1.29 is 0 Å². The Morgan fingerprint density at radius 1 is 0.281 bits per heavy atom. The molecule has 9 aromatic carbocycles. The highest BCUT2D eigenvalue weighted by molar-refractivity contribution is 6.18. The van der Waals surface area contributed by atoms with Gasteiger partial charge in [0, 0.05) is 39.2 Å². The molecule has 0 saturated heterocycles. The van der Waals surface area contributed by atoms with Crippen LogP contribution in [0.5, 0.6) is 0 Å². The number of hydrogen-bond acceptors (Lipinski definition) is 2. The average molecular weight is 730 g/mol. The third-order valence-electron chi connectivity index (χ3n) is 10.7. The van der Waals surface area contributed by atoms with Crippen LogP contribution in [0.25, 0.3) is 49.7 Å². The molecule has 3 nitrogen and oxygen atoms in total. The molecule has 0 aliphatic heterocycles. The number of fused-ring (bicyclic) bond motifs is 3. The molecule has 10 aromatic rings. The third kappa shape index (κ3) is 6.41. The van der Waals surface area contributed by atoms with Crippen molar-refractivity contribution >= 4 is 55.9 Å². The predicted molar refractivity (Wildman–Crippen MR) is 241 cm³/mol. The third-order valence-corrected chi connectivity index (χ3v) is 10.7. The van der Waals surface area contributed by atoms with Gasteiger partial charge in [-0.1, -0.05) is 158 Å². The van der Waals surface area contributed by atoms with E-state index in [2.05, 4.69) is 251 Å². The van der Waals surface area contributed by atoms with E-state index in [0.717, 1.165) is 50.8 Å². The number of anilines is 6. The molecule has 0 N–H and O–H groups in total. The second-order valence-electron chi connectivity index (χ2n) is 14.2. The molecule has 0 spiro atoms. The monoisotopic (exact) mass is 729 g/mol. The van der Waals surface area contributed by atoms with Gasteiger partial charge in [0.05, 0.1) is 22.4 Å². The minimum atomic E-state index is 1.06. The second kappa shape index (κ2) is 14.9. The minimum Gasteiger partial charge on any atom is -0.310 e. The smallest absolute Gasteiger partial charge is 0.0583 e. The van der Waals surface area contributed by atoms with E-state index in [1.807, 2.05) is 0 Å². The van der Waals surface area contributed by atoms with Gasteiger partial charge in [-0.3, -0.25) is 0 Å². The molecule has 0 unspecified atom stereocenters. The lowest BCUT2D eigenvalue weighted by Gasteiger charge is -2.30. The Morgan fingerprint density at radius 3 is 1.33 bits per heavy atom. The van der Waals surface area contributed by atoms with Crippen molar-refractivity contribution in [3.05, 3.63) is 237 Å². The first-order valence-electron chi connectivity index (χ1n) is 19.4. The van der Waals surface area contributed by atoms with E-state index in [-0.39, 0.29) is 0 Å². The Balaban J connectivity index is 1.30. The zero-order chi connectivity index (χ0) is 38.0. The normalized spacial score (nSPS) is 11.2. The molecule has 0 amide bonds. The van der Waals surface area contributed by atoms with Gasteiger partial charge in [0.15, 0.2) is 0 Å². The minimum absolute atomic E-state index is 1.06. The van der Waals surface area contributed by atoms with E-state index >= 15 is 0 Å². The maximum absolute atomic E-state index is 2.44. The summed E-state index contributed by atoms with van der Waals surface area (Å²) in [5, 5.41) is 2.36. The SMILES string of the molecule is c1ccc(-c2ccc(N(c3ccccc3)c3cc(N(c4ccccc4)c4ccccc4)cc4c3c3ccccc3n4-c3cccc(-c4ccccc4)c3)cc2)cc1. The topological polar surface area (TPSA) is 11.4 Å². The summed E-state index contributed by atoms with van der Waals surface area (Å²) in [6.45, 7) is 0. The van der Waals surface area contributed by atoms with E-state index in [0.29, 0.717) is 0 Å². The fourth-order valence-electron chi connectivity index (χ4n) is 8.14. The lowest BCUT2D eigenvalue weighted by Crippen LogP contribution is -2.14. The van der Waals surface area contributed by atoms with Gasteiger partial charge in [-0.05, 0) is 101 Å². The lowest BCUT2D eigenvalue weighted by atomic mass is 10.0. The summed E-state index contributed by atoms with van der Waals surface area (Å²) in [6.07, 6.45) is 0. The van der Waals surface area contributed by atoms with Crippen LogP contribution in [-0.2, 0) is 0 Å². The molecule has 0 aliphatic rings. The lowest BCUT2D eigenvalue weighted by molar-refractivity contribution is 1.17. The van der Waals surface area contributed by atoms with Gasteiger partial charge in [-0.15, -0.1) is 0 Å². The molecule has 10 rings (SSSR count). The summed E-state index contributed by atoms with van der Waals surface area (Å²) in [4.78, 5) is 4.79. The van der Waals surface area contributed by atoms with Gasteiger partial charge in [0.25, 0.3) is 0 Å². The molecule has 0 aliphatic carbocycles. The quantitative estimate of drug-likeness (QED) is 0.147. The number of para-hydroxylation sites is 4. The van der Waals surface area contributed by atoms with Crippen LogP contribution < -0.4 is 9.80 Å². The second-order valence-corrected chi connectivity index (χ2v) is 14.2. The molecule has 270 valence electrons. The molecule has 1 heterocycles. The number of rotatable bonds is 9. The number of aromatic nitrogens is 1. The molecule has 0 saturated carbocycles. The summed E-state index contributed by atoms with van der Waals surface area (Å²) in [7, 11) is 0. The highest BCUT2D eigenvalue weighted by Crippen LogP contribution is 2.48. The van der Waals surface area contributed by atoms with Crippen LogP contribution >= 0.6 is 0 Å². The van der Waals surface area contributed by atoms with Crippen LogP contribution in [0.3, 0.4) is 0 Å². The molecule has 57 heavy (non-hydrogen) atoms. The van der Waals surface area contributed by atoms with E-state index < -0.39 is 0 Å². The van der Waals surface area contributed by atoms with Gasteiger partial charge >= 0.3 is 0 Å². The van der Waals surface area contributed by atoms with Gasteiger partial charge in [0.2, 0.25) is 0 Å². The zero-order valence-corrected chi connectivity index (χ0v) is 31.4. The molecular formula is C54H39N3. The van der Waals surface area contributed by atoms with Crippen molar-refractivity contribution in [3.63, 3.8) is 0 Å². The van der Waals surface area contributed by atoms with Crippen molar-refractivity contribution in [3.8, 4) is 27.9 Å². The molecular weight excluding hydrogens is 691 g/mol. The van der Waals surface area contributed by atoms with Crippen LogP contribution in [0.2, 0.25) is 0 Å². The highest BCUT2D eigenvalue weighted by Gasteiger charge is 2.25. The van der Waals surface area contributed by atoms with Gasteiger partial charge < -0.3 is 14.4 Å². The van der Waals surface area contributed by atoms with E-state index in [4.69, 9.17) is 0 Å². The predicted octanol–water partition coefficient (Wildman–Crippen LogP) is 15.1. The van der Waals surface area contributed by atoms with Crippen molar-refractivity contribution in [2.45, 2.75) is 0 Å². The highest BCUT2D eigenvalue weighted by atomic mass is 15.2. The molecule has 1 aromatic heterocycles. The number of benzene rings is 9. The maximum atomic E-state index is 2.44. The summed E-state index contributed by atoms with van der Waals surface area (Å²) in [5.74, 6) is 0. The van der Waals surface area contributed by atoms with Gasteiger partial charge in [-0.2, -0.15) is 0 Å². The first-order chi connectivity index (χ1) is 28.3. The van der Waals surface area contributed by atoms with Crippen LogP contribution in [0, 0.1) is 0 Å². The maximum Gasteiger partial charge on any atom is 0.0583 e. The summed E-state index contributed by atoms with van der Waals surface area (Å²) >= 11 is 0. The van der Waals surface area contributed by atoms with Gasteiger partial charge in [0.1, 0.15) is 0 Å². The Bertz CT molecular complexity index is 2880.